The van der Waals surface area contributed by atoms with Gasteiger partial charge in [-0.15, -0.1) is 0 Å². The van der Waals surface area contributed by atoms with E-state index in [9.17, 15) is 9.59 Å². The summed E-state index contributed by atoms with van der Waals surface area (Å²) in [6, 6.07) is 9.03. The number of hydrogen-bond acceptors (Lipinski definition) is 4. The van der Waals surface area contributed by atoms with Crippen LogP contribution in [0.3, 0.4) is 0 Å². The number of rotatable bonds is 5. The van der Waals surface area contributed by atoms with Crippen molar-refractivity contribution in [3.05, 3.63) is 30.3 Å². The number of ether oxygens (including phenoxy) is 1. The lowest BCUT2D eigenvalue weighted by Gasteiger charge is -2.21. The SMILES string of the molecule is COC(=O)CN(C)C(=O)[C@H](C)Nc1ccccc1. The van der Waals surface area contributed by atoms with E-state index in [2.05, 4.69) is 10.1 Å². The highest BCUT2D eigenvalue weighted by molar-refractivity contribution is 5.87. The van der Waals surface area contributed by atoms with Crippen molar-refractivity contribution >= 4 is 17.6 Å². The second-order valence-corrected chi connectivity index (χ2v) is 4.00. The van der Waals surface area contributed by atoms with Crippen LogP contribution in [0.1, 0.15) is 6.92 Å². The third-order valence-corrected chi connectivity index (χ3v) is 2.50. The molecule has 0 radical (unpaired) electrons. The fourth-order valence-electron chi connectivity index (χ4n) is 1.51. The highest BCUT2D eigenvalue weighted by Crippen LogP contribution is 2.08. The molecule has 5 heteroatoms. The van der Waals surface area contributed by atoms with Gasteiger partial charge in [0.05, 0.1) is 7.11 Å². The summed E-state index contributed by atoms with van der Waals surface area (Å²) in [5, 5.41) is 3.07. The summed E-state index contributed by atoms with van der Waals surface area (Å²) < 4.78 is 4.52. The third kappa shape index (κ3) is 4.08. The van der Waals surface area contributed by atoms with E-state index in [-0.39, 0.29) is 12.5 Å². The monoisotopic (exact) mass is 250 g/mol. The van der Waals surface area contributed by atoms with E-state index in [0.29, 0.717) is 0 Å². The van der Waals surface area contributed by atoms with Gasteiger partial charge >= 0.3 is 5.97 Å². The first-order valence-corrected chi connectivity index (χ1v) is 5.68. The fraction of sp³-hybridized carbons (Fsp3) is 0.385. The van der Waals surface area contributed by atoms with E-state index in [1.165, 1.54) is 12.0 Å². The van der Waals surface area contributed by atoms with Crippen LogP contribution in [0, 0.1) is 0 Å². The van der Waals surface area contributed by atoms with Crippen LogP contribution in [0.4, 0.5) is 5.69 Å². The summed E-state index contributed by atoms with van der Waals surface area (Å²) in [7, 11) is 2.87. The Morgan fingerprint density at radius 2 is 1.94 bits per heavy atom. The molecular weight excluding hydrogens is 232 g/mol. The molecule has 0 unspecified atom stereocenters. The molecule has 1 aromatic carbocycles. The lowest BCUT2D eigenvalue weighted by molar-refractivity contribution is -0.146. The highest BCUT2D eigenvalue weighted by atomic mass is 16.5. The average Bonchev–Trinajstić information content (AvgIpc) is 2.38. The van der Waals surface area contributed by atoms with E-state index in [4.69, 9.17) is 0 Å². The predicted octanol–water partition coefficient (Wildman–Crippen LogP) is 1.12. The Morgan fingerprint density at radius 3 is 2.50 bits per heavy atom. The maximum absolute atomic E-state index is 12.0. The van der Waals surface area contributed by atoms with Crippen molar-refractivity contribution in [2.75, 3.05) is 26.0 Å². The van der Waals surface area contributed by atoms with Gasteiger partial charge in [0.25, 0.3) is 0 Å². The summed E-state index contributed by atoms with van der Waals surface area (Å²) in [6.45, 7) is 1.71. The minimum atomic E-state index is -0.433. The molecule has 0 saturated heterocycles. The molecule has 0 aliphatic heterocycles. The number of carbonyl (C=O) groups excluding carboxylic acids is 2. The molecule has 0 fully saturated rings. The average molecular weight is 250 g/mol. The molecular formula is C13H18N2O3. The minimum Gasteiger partial charge on any atom is -0.468 e. The number of anilines is 1. The zero-order valence-corrected chi connectivity index (χ0v) is 10.8. The summed E-state index contributed by atoms with van der Waals surface area (Å²) >= 11 is 0. The van der Waals surface area contributed by atoms with Crippen LogP contribution in [0.15, 0.2) is 30.3 Å². The number of nitrogens with zero attached hydrogens (tertiary/aromatic N) is 1. The van der Waals surface area contributed by atoms with Gasteiger partial charge < -0.3 is 15.0 Å². The fourth-order valence-corrected chi connectivity index (χ4v) is 1.51. The molecule has 1 rings (SSSR count). The van der Waals surface area contributed by atoms with Crippen molar-refractivity contribution in [2.45, 2.75) is 13.0 Å². The number of likely N-dealkylation sites (N-methyl/N-ethyl adjacent to an activating group) is 1. The Balaban J connectivity index is 2.53. The Morgan fingerprint density at radius 1 is 1.33 bits per heavy atom. The predicted molar refractivity (Wildman–Crippen MR) is 69.2 cm³/mol. The van der Waals surface area contributed by atoms with Crippen molar-refractivity contribution < 1.29 is 14.3 Å². The largest absolute Gasteiger partial charge is 0.468 e. The first-order chi connectivity index (χ1) is 8.54. The van der Waals surface area contributed by atoms with Gasteiger partial charge in [-0.05, 0) is 19.1 Å². The summed E-state index contributed by atoms with van der Waals surface area (Å²) in [5.74, 6) is -0.595. The number of methoxy groups -OCH3 is 1. The molecule has 0 heterocycles. The van der Waals surface area contributed by atoms with Gasteiger partial charge in [-0.2, -0.15) is 0 Å². The Hall–Kier alpha value is -2.04. The number of benzene rings is 1. The number of para-hydroxylation sites is 1. The van der Waals surface area contributed by atoms with Gasteiger partial charge in [0.15, 0.2) is 0 Å². The van der Waals surface area contributed by atoms with Gasteiger partial charge in [-0.1, -0.05) is 18.2 Å². The molecule has 1 aromatic rings. The first kappa shape index (κ1) is 14.0. The summed E-state index contributed by atoms with van der Waals surface area (Å²) in [4.78, 5) is 24.4. The Kier molecular flexibility index (Phi) is 5.17. The van der Waals surface area contributed by atoms with Crippen molar-refractivity contribution in [2.24, 2.45) is 0 Å². The zero-order chi connectivity index (χ0) is 13.5. The molecule has 0 aromatic heterocycles. The van der Waals surface area contributed by atoms with Crippen molar-refractivity contribution in [1.82, 2.24) is 4.90 Å². The number of amides is 1. The highest BCUT2D eigenvalue weighted by Gasteiger charge is 2.19. The molecule has 1 amide bonds. The van der Waals surface area contributed by atoms with Crippen LogP contribution in [0.25, 0.3) is 0 Å². The third-order valence-electron chi connectivity index (χ3n) is 2.50. The van der Waals surface area contributed by atoms with Crippen LogP contribution >= 0.6 is 0 Å². The van der Waals surface area contributed by atoms with Gasteiger partial charge in [0, 0.05) is 12.7 Å². The summed E-state index contributed by atoms with van der Waals surface area (Å²) in [5.41, 5.74) is 0.866. The maximum Gasteiger partial charge on any atom is 0.325 e. The van der Waals surface area contributed by atoms with Crippen molar-refractivity contribution in [1.29, 1.82) is 0 Å². The maximum atomic E-state index is 12.0. The van der Waals surface area contributed by atoms with Crippen LogP contribution < -0.4 is 5.32 Å². The number of carbonyl (C=O) groups is 2. The van der Waals surface area contributed by atoms with E-state index >= 15 is 0 Å². The number of hydrogen-bond donors (Lipinski definition) is 1. The topological polar surface area (TPSA) is 58.6 Å². The van der Waals surface area contributed by atoms with E-state index in [0.717, 1.165) is 5.69 Å². The van der Waals surface area contributed by atoms with E-state index in [1.807, 2.05) is 30.3 Å². The molecule has 1 N–H and O–H groups in total. The number of nitrogens with one attached hydrogen (secondary N) is 1. The van der Waals surface area contributed by atoms with Crippen LogP contribution in [-0.4, -0.2) is 43.5 Å². The zero-order valence-electron chi connectivity index (χ0n) is 10.8. The second kappa shape index (κ2) is 6.64. The van der Waals surface area contributed by atoms with E-state index < -0.39 is 12.0 Å². The quantitative estimate of drug-likeness (QED) is 0.796. The van der Waals surface area contributed by atoms with Crippen LogP contribution in [0.2, 0.25) is 0 Å². The minimum absolute atomic E-state index is 0.0455. The molecule has 0 bridgehead atoms. The van der Waals surface area contributed by atoms with Crippen molar-refractivity contribution in [3.8, 4) is 0 Å². The molecule has 98 valence electrons. The number of esters is 1. The molecule has 0 aliphatic carbocycles. The summed E-state index contributed by atoms with van der Waals surface area (Å²) in [6.07, 6.45) is 0. The normalized spacial score (nSPS) is 11.5. The molecule has 0 spiro atoms. The molecule has 5 nitrogen and oxygen atoms in total. The first-order valence-electron chi connectivity index (χ1n) is 5.68. The van der Waals surface area contributed by atoms with E-state index in [1.54, 1.807) is 14.0 Å². The van der Waals surface area contributed by atoms with Gasteiger partial charge in [-0.3, -0.25) is 9.59 Å². The molecule has 1 atom stereocenters. The molecule has 0 aliphatic rings. The lowest BCUT2D eigenvalue weighted by Crippen LogP contribution is -2.41. The van der Waals surface area contributed by atoms with Gasteiger partial charge in [0.1, 0.15) is 12.6 Å². The molecule has 18 heavy (non-hydrogen) atoms. The van der Waals surface area contributed by atoms with Crippen LogP contribution in [-0.2, 0) is 14.3 Å². The lowest BCUT2D eigenvalue weighted by atomic mass is 10.2. The molecule has 0 saturated carbocycles. The Bertz CT molecular complexity index is 406. The second-order valence-electron chi connectivity index (χ2n) is 4.00. The van der Waals surface area contributed by atoms with Crippen LogP contribution in [0.5, 0.6) is 0 Å². The Labute approximate surface area is 107 Å². The van der Waals surface area contributed by atoms with Gasteiger partial charge in [-0.25, -0.2) is 0 Å². The smallest absolute Gasteiger partial charge is 0.325 e. The van der Waals surface area contributed by atoms with Crippen molar-refractivity contribution in [3.63, 3.8) is 0 Å². The standard InChI is InChI=1S/C13H18N2O3/c1-10(14-11-7-5-4-6-8-11)13(17)15(2)9-12(16)18-3/h4-8,10,14H,9H2,1-3H3/t10-/m0/s1. The van der Waals surface area contributed by atoms with Gasteiger partial charge in [0.2, 0.25) is 5.91 Å².